The van der Waals surface area contributed by atoms with Crippen molar-refractivity contribution in [2.75, 3.05) is 0 Å². The van der Waals surface area contributed by atoms with Gasteiger partial charge in [0, 0.05) is 5.75 Å². The Morgan fingerprint density at radius 1 is 1.21 bits per heavy atom. The fourth-order valence-electron chi connectivity index (χ4n) is 1.53. The monoisotopic (exact) mass is 268 g/mol. The molecule has 0 N–H and O–H groups in total. The van der Waals surface area contributed by atoms with Crippen LogP contribution in [-0.2, 0) is 5.75 Å². The van der Waals surface area contributed by atoms with Crippen LogP contribution < -0.4 is 0 Å². The van der Waals surface area contributed by atoms with Crippen LogP contribution in [0.3, 0.4) is 0 Å². The zero-order chi connectivity index (χ0) is 10.0. The van der Waals surface area contributed by atoms with Crippen LogP contribution in [-0.4, -0.2) is 0 Å². The summed E-state index contributed by atoms with van der Waals surface area (Å²) in [7, 11) is -0.836. The molecule has 14 heavy (non-hydrogen) atoms. The molecule has 0 amide bonds. The molecule has 0 fully saturated rings. The maximum absolute atomic E-state index is 3.84. The summed E-state index contributed by atoms with van der Waals surface area (Å²) in [4.78, 5) is 0. The molecule has 0 nitrogen and oxygen atoms in total. The number of allylic oxidation sites excluding steroid dienone is 2. The van der Waals surface area contributed by atoms with E-state index in [9.17, 15) is 0 Å². The van der Waals surface area contributed by atoms with E-state index in [1.54, 1.807) is 0 Å². The summed E-state index contributed by atoms with van der Waals surface area (Å²) in [5, 5.41) is 4.65. The molecule has 1 unspecified atom stereocenters. The van der Waals surface area contributed by atoms with E-state index in [0.717, 1.165) is 5.75 Å². The topological polar surface area (TPSA) is 0 Å². The van der Waals surface area contributed by atoms with Crippen LogP contribution in [0.1, 0.15) is 12.5 Å². The summed E-state index contributed by atoms with van der Waals surface area (Å²) in [5.41, 5.74) is 2.77. The van der Waals surface area contributed by atoms with Crippen LogP contribution in [0, 0.1) is 0 Å². The molecule has 1 aromatic carbocycles. The van der Waals surface area contributed by atoms with Crippen molar-refractivity contribution >= 4 is 23.3 Å². The molecule has 2 rings (SSSR count). The molecule has 1 atom stereocenters. The van der Waals surface area contributed by atoms with Gasteiger partial charge in [0.2, 0.25) is 0 Å². The molecule has 0 aliphatic carbocycles. The smallest absolute Gasteiger partial charge is 0.0186 e. The molecule has 1 heterocycles. The van der Waals surface area contributed by atoms with Gasteiger partial charge in [0.1, 0.15) is 0 Å². The second kappa shape index (κ2) is 3.95. The molecule has 1 aliphatic heterocycles. The first-order valence-corrected chi connectivity index (χ1v) is 8.36. The van der Waals surface area contributed by atoms with Gasteiger partial charge in [0.15, 0.2) is 0 Å². The third-order valence-electron chi connectivity index (χ3n) is 2.17. The summed E-state index contributed by atoms with van der Waals surface area (Å²) in [6.45, 7) is 2.15. The predicted octanol–water partition coefficient (Wildman–Crippen LogP) is 4.73. The first-order valence-electron chi connectivity index (χ1n) is 4.59. The molecule has 0 radical (unpaired) electrons. The summed E-state index contributed by atoms with van der Waals surface area (Å²) < 4.78 is 0. The first kappa shape index (κ1) is 10.1. The van der Waals surface area contributed by atoms with Crippen LogP contribution >= 0.6 is 23.3 Å². The van der Waals surface area contributed by atoms with Gasteiger partial charge in [-0.2, -0.15) is 0 Å². The summed E-state index contributed by atoms with van der Waals surface area (Å²) in [6.07, 6.45) is 2.20. The van der Waals surface area contributed by atoms with Crippen molar-refractivity contribution in [3.05, 3.63) is 58.4 Å². The Kier molecular flexibility index (Phi) is 2.84. The highest BCUT2D eigenvalue weighted by molar-refractivity contribution is 9.59. The van der Waals surface area contributed by atoms with Gasteiger partial charge in [-0.1, -0.05) is 36.4 Å². The van der Waals surface area contributed by atoms with Gasteiger partial charge in [-0.05, 0) is 43.7 Å². The van der Waals surface area contributed by atoms with E-state index < -0.39 is 8.46 Å². The zero-order valence-electron chi connectivity index (χ0n) is 8.11. The van der Waals surface area contributed by atoms with Crippen molar-refractivity contribution in [2.45, 2.75) is 12.7 Å². The molecule has 2 heteroatoms. The van der Waals surface area contributed by atoms with Crippen molar-refractivity contribution < 1.29 is 0 Å². The Labute approximate surface area is 94.2 Å². The minimum absolute atomic E-state index is 0.836. The van der Waals surface area contributed by atoms with Crippen LogP contribution in [0.2, 0.25) is 0 Å². The van der Waals surface area contributed by atoms with Gasteiger partial charge in [0.25, 0.3) is 0 Å². The van der Waals surface area contributed by atoms with Crippen molar-refractivity contribution in [3.8, 4) is 0 Å². The third kappa shape index (κ3) is 2.31. The average molecular weight is 269 g/mol. The third-order valence-corrected chi connectivity index (χ3v) is 6.19. The summed E-state index contributed by atoms with van der Waals surface area (Å²) >= 11 is 3.84. The lowest BCUT2D eigenvalue weighted by atomic mass is 10.2. The second-order valence-corrected chi connectivity index (χ2v) is 9.48. The highest BCUT2D eigenvalue weighted by Gasteiger charge is 2.18. The van der Waals surface area contributed by atoms with Gasteiger partial charge in [0.05, 0.1) is 0 Å². The lowest BCUT2D eigenvalue weighted by Gasteiger charge is -2.23. The minimum Gasteiger partial charge on any atom is -0.138 e. The molecule has 1 aliphatic rings. The maximum Gasteiger partial charge on any atom is 0.0186 e. The molecule has 1 aromatic rings. The maximum atomic E-state index is 3.84. The number of hydrogen-bond acceptors (Lipinski definition) is 0. The standard InChI is InChI=1S/C12H13BrS/c1-11-7-8-14(13,9-11)10-12-5-3-2-4-6-12/h2-9H,10H2,1H3. The summed E-state index contributed by atoms with van der Waals surface area (Å²) in [6, 6.07) is 10.6. The molecule has 0 saturated heterocycles. The quantitative estimate of drug-likeness (QED) is 0.728. The normalized spacial score (nSPS) is 29.7. The Hall–Kier alpha value is -0.470. The van der Waals surface area contributed by atoms with Crippen LogP contribution in [0.15, 0.2) is 52.8 Å². The second-order valence-electron chi connectivity index (χ2n) is 3.55. The zero-order valence-corrected chi connectivity index (χ0v) is 10.5. The van der Waals surface area contributed by atoms with Crippen molar-refractivity contribution in [1.29, 1.82) is 0 Å². The molecule has 0 spiro atoms. The summed E-state index contributed by atoms with van der Waals surface area (Å²) in [5.74, 6) is 1.10. The predicted molar refractivity (Wildman–Crippen MR) is 69.6 cm³/mol. The fourth-order valence-corrected chi connectivity index (χ4v) is 5.63. The molecule has 0 bridgehead atoms. The lowest BCUT2D eigenvalue weighted by Crippen LogP contribution is -1.87. The molecule has 74 valence electrons. The number of hydrogen-bond donors (Lipinski definition) is 0. The fraction of sp³-hybridized carbons (Fsp3) is 0.167. The van der Waals surface area contributed by atoms with E-state index in [-0.39, 0.29) is 0 Å². The van der Waals surface area contributed by atoms with E-state index in [0.29, 0.717) is 0 Å². The van der Waals surface area contributed by atoms with Crippen molar-refractivity contribution in [2.24, 2.45) is 0 Å². The highest BCUT2D eigenvalue weighted by atomic mass is 79.9. The van der Waals surface area contributed by atoms with Crippen molar-refractivity contribution in [3.63, 3.8) is 0 Å². The molecular formula is C12H13BrS. The van der Waals surface area contributed by atoms with Gasteiger partial charge in [-0.15, -0.1) is 8.46 Å². The van der Waals surface area contributed by atoms with E-state index >= 15 is 0 Å². The van der Waals surface area contributed by atoms with Gasteiger partial charge >= 0.3 is 0 Å². The van der Waals surface area contributed by atoms with E-state index in [4.69, 9.17) is 0 Å². The van der Waals surface area contributed by atoms with Crippen LogP contribution in [0.4, 0.5) is 0 Å². The molecule has 0 saturated carbocycles. The number of rotatable bonds is 2. The molecule has 0 aromatic heterocycles. The van der Waals surface area contributed by atoms with Gasteiger partial charge < -0.3 is 0 Å². The highest BCUT2D eigenvalue weighted by Crippen LogP contribution is 2.64. The Morgan fingerprint density at radius 3 is 2.50 bits per heavy atom. The first-order chi connectivity index (χ1) is 6.68. The van der Waals surface area contributed by atoms with Crippen LogP contribution in [0.25, 0.3) is 0 Å². The number of halogens is 1. The average Bonchev–Trinajstić information content (AvgIpc) is 2.47. The van der Waals surface area contributed by atoms with Crippen LogP contribution in [0.5, 0.6) is 0 Å². The largest absolute Gasteiger partial charge is 0.138 e. The van der Waals surface area contributed by atoms with Gasteiger partial charge in [-0.25, -0.2) is 0 Å². The minimum atomic E-state index is -0.836. The molecular weight excluding hydrogens is 256 g/mol. The van der Waals surface area contributed by atoms with E-state index in [1.165, 1.54) is 11.1 Å². The van der Waals surface area contributed by atoms with Crippen molar-refractivity contribution in [1.82, 2.24) is 0 Å². The van der Waals surface area contributed by atoms with Gasteiger partial charge in [-0.3, -0.25) is 0 Å². The Balaban J connectivity index is 2.17. The van der Waals surface area contributed by atoms with E-state index in [2.05, 4.69) is 69.0 Å². The Morgan fingerprint density at radius 2 is 1.93 bits per heavy atom. The lowest BCUT2D eigenvalue weighted by molar-refractivity contribution is 1.41. The Bertz CT molecular complexity index is 381. The number of benzene rings is 1. The van der Waals surface area contributed by atoms with E-state index in [1.807, 2.05) is 0 Å². The SMILES string of the molecule is CC1=CS(Br)(Cc2ccccc2)C=C1.